The van der Waals surface area contributed by atoms with Gasteiger partial charge < -0.3 is 10.2 Å². The number of carbonyl (C=O) groups is 2. The van der Waals surface area contributed by atoms with Crippen molar-refractivity contribution in [1.82, 2.24) is 10.2 Å². The maximum Gasteiger partial charge on any atom is 0.242 e. The molecule has 0 saturated heterocycles. The van der Waals surface area contributed by atoms with Crippen LogP contribution in [0.15, 0.2) is 46.9 Å². The molecule has 36 heavy (non-hydrogen) atoms. The summed E-state index contributed by atoms with van der Waals surface area (Å²) in [4.78, 5) is 27.5. The van der Waals surface area contributed by atoms with Crippen LogP contribution in [-0.4, -0.2) is 50.0 Å². The van der Waals surface area contributed by atoms with Crippen LogP contribution in [-0.2, 0) is 26.2 Å². The molecule has 0 spiro atoms. The number of amides is 2. The van der Waals surface area contributed by atoms with Crippen LogP contribution in [0.4, 0.5) is 14.5 Å². The first kappa shape index (κ1) is 29.7. The lowest BCUT2D eigenvalue weighted by molar-refractivity contribution is -0.140. The molecular formula is C25H32BrF2N3O4S. The van der Waals surface area contributed by atoms with Crippen molar-refractivity contribution in [3.63, 3.8) is 0 Å². The first-order chi connectivity index (χ1) is 16.8. The summed E-state index contributed by atoms with van der Waals surface area (Å²) in [6.45, 7) is 5.54. The fourth-order valence-corrected chi connectivity index (χ4v) is 4.93. The molecule has 0 bridgehead atoms. The molecule has 2 atom stereocenters. The molecule has 0 aliphatic carbocycles. The minimum atomic E-state index is -3.82. The Balaban J connectivity index is 2.19. The first-order valence-electron chi connectivity index (χ1n) is 11.6. The number of hydrogen-bond donors (Lipinski definition) is 1. The fraction of sp³-hybridized carbons (Fsp3) is 0.440. The molecule has 0 radical (unpaired) electrons. The zero-order valence-electron chi connectivity index (χ0n) is 20.8. The third-order valence-corrected chi connectivity index (χ3v) is 7.44. The zero-order chi connectivity index (χ0) is 27.0. The quantitative estimate of drug-likeness (QED) is 0.393. The van der Waals surface area contributed by atoms with E-state index in [0.29, 0.717) is 0 Å². The Labute approximate surface area is 220 Å². The number of hydrogen-bond acceptors (Lipinski definition) is 4. The van der Waals surface area contributed by atoms with Gasteiger partial charge >= 0.3 is 0 Å². The van der Waals surface area contributed by atoms with Crippen molar-refractivity contribution in [2.24, 2.45) is 0 Å². The summed E-state index contributed by atoms with van der Waals surface area (Å²) in [6.07, 6.45) is 1.75. The van der Waals surface area contributed by atoms with Crippen molar-refractivity contribution < 1.29 is 26.8 Å². The highest BCUT2D eigenvalue weighted by Crippen LogP contribution is 2.22. The van der Waals surface area contributed by atoms with E-state index in [2.05, 4.69) is 21.2 Å². The molecule has 1 N–H and O–H groups in total. The van der Waals surface area contributed by atoms with Crippen molar-refractivity contribution in [3.05, 3.63) is 64.1 Å². The Bertz CT molecular complexity index is 1180. The van der Waals surface area contributed by atoms with Gasteiger partial charge in [0.1, 0.15) is 6.04 Å². The van der Waals surface area contributed by atoms with E-state index in [9.17, 15) is 26.8 Å². The lowest BCUT2D eigenvalue weighted by atomic mass is 10.1. The summed E-state index contributed by atoms with van der Waals surface area (Å²) >= 11 is 3.41. The predicted octanol–water partition coefficient (Wildman–Crippen LogP) is 4.61. The first-order valence-corrected chi connectivity index (χ1v) is 14.2. The Morgan fingerprint density at radius 1 is 1.08 bits per heavy atom. The normalized spacial score (nSPS) is 13.1. The molecule has 0 aliphatic rings. The van der Waals surface area contributed by atoms with Crippen LogP contribution in [0.2, 0.25) is 0 Å². The second-order valence-electron chi connectivity index (χ2n) is 8.68. The van der Waals surface area contributed by atoms with Crippen LogP contribution < -0.4 is 9.62 Å². The van der Waals surface area contributed by atoms with E-state index in [1.54, 1.807) is 6.92 Å². The van der Waals surface area contributed by atoms with Gasteiger partial charge in [0.2, 0.25) is 21.8 Å². The summed E-state index contributed by atoms with van der Waals surface area (Å²) in [5.74, 6) is -2.87. The lowest BCUT2D eigenvalue weighted by Gasteiger charge is -2.30. The molecule has 198 valence electrons. The van der Waals surface area contributed by atoms with Gasteiger partial charge in [-0.3, -0.25) is 13.9 Å². The molecule has 2 aromatic carbocycles. The summed E-state index contributed by atoms with van der Waals surface area (Å²) in [5.41, 5.74) is 0.789. The van der Waals surface area contributed by atoms with Gasteiger partial charge in [0.05, 0.1) is 11.9 Å². The van der Waals surface area contributed by atoms with Gasteiger partial charge in [0.25, 0.3) is 0 Å². The molecule has 2 aromatic rings. The third kappa shape index (κ3) is 8.55. The number of anilines is 1. The third-order valence-electron chi connectivity index (χ3n) is 5.75. The smallest absolute Gasteiger partial charge is 0.242 e. The van der Waals surface area contributed by atoms with E-state index in [-0.39, 0.29) is 49.5 Å². The van der Waals surface area contributed by atoms with E-state index in [4.69, 9.17) is 0 Å². The Kier molecular flexibility index (Phi) is 10.8. The molecule has 2 amide bonds. The lowest BCUT2D eigenvalue weighted by Crippen LogP contribution is -2.49. The Morgan fingerprint density at radius 2 is 1.78 bits per heavy atom. The van der Waals surface area contributed by atoms with E-state index >= 15 is 0 Å². The predicted molar refractivity (Wildman–Crippen MR) is 140 cm³/mol. The number of carbonyl (C=O) groups excluding carboxylic acids is 2. The number of rotatable bonds is 12. The molecule has 0 unspecified atom stereocenters. The fourth-order valence-electron chi connectivity index (χ4n) is 3.52. The molecular weight excluding hydrogens is 556 g/mol. The van der Waals surface area contributed by atoms with Crippen LogP contribution in [0.3, 0.4) is 0 Å². The molecule has 2 rings (SSSR count). The monoisotopic (exact) mass is 587 g/mol. The maximum atomic E-state index is 13.7. The SMILES string of the molecule is CC[C@@H](C)NC(=O)[C@@H](C)N(Cc1cccc(Br)c1)C(=O)CCCN(c1ccc(F)c(F)c1)S(C)(=O)=O. The van der Waals surface area contributed by atoms with Crippen molar-refractivity contribution >= 4 is 43.5 Å². The van der Waals surface area contributed by atoms with Gasteiger partial charge in [-0.1, -0.05) is 35.0 Å². The zero-order valence-corrected chi connectivity index (χ0v) is 23.2. The van der Waals surface area contributed by atoms with E-state index in [0.717, 1.165) is 39.2 Å². The van der Waals surface area contributed by atoms with Crippen LogP contribution in [0, 0.1) is 11.6 Å². The number of nitrogens with one attached hydrogen (secondary N) is 1. The number of halogens is 3. The highest BCUT2D eigenvalue weighted by Gasteiger charge is 2.27. The van der Waals surface area contributed by atoms with Gasteiger partial charge in [-0.2, -0.15) is 0 Å². The van der Waals surface area contributed by atoms with Crippen LogP contribution in [0.5, 0.6) is 0 Å². The van der Waals surface area contributed by atoms with Crippen LogP contribution >= 0.6 is 15.9 Å². The average molecular weight is 589 g/mol. The highest BCUT2D eigenvalue weighted by atomic mass is 79.9. The van der Waals surface area contributed by atoms with Crippen molar-refractivity contribution in [3.8, 4) is 0 Å². The standard InChI is InChI=1S/C25H32BrF2N3O4S/c1-5-17(2)29-25(33)18(3)30(16-19-8-6-9-20(26)14-19)24(32)10-7-13-31(36(4,34)35)21-11-12-22(27)23(28)15-21/h6,8-9,11-12,14-15,17-18H,5,7,10,13,16H2,1-4H3,(H,29,33)/t17-,18-/m1/s1. The molecule has 0 aliphatic heterocycles. The number of sulfonamides is 1. The number of nitrogens with zero attached hydrogens (tertiary/aromatic N) is 2. The van der Waals surface area contributed by atoms with Gasteiger partial charge in [-0.25, -0.2) is 17.2 Å². The van der Waals surface area contributed by atoms with Crippen molar-refractivity contribution in [2.45, 2.75) is 58.7 Å². The summed E-state index contributed by atoms with van der Waals surface area (Å²) in [6, 6.07) is 9.40. The molecule has 11 heteroatoms. The average Bonchev–Trinajstić information content (AvgIpc) is 2.80. The second kappa shape index (κ2) is 13.1. The molecule has 0 heterocycles. The highest BCUT2D eigenvalue weighted by molar-refractivity contribution is 9.10. The largest absolute Gasteiger partial charge is 0.352 e. The van der Waals surface area contributed by atoms with Crippen LogP contribution in [0.25, 0.3) is 0 Å². The molecule has 0 fully saturated rings. The topological polar surface area (TPSA) is 86.8 Å². The Hall–Kier alpha value is -2.53. The summed E-state index contributed by atoms with van der Waals surface area (Å²) in [7, 11) is -3.82. The minimum Gasteiger partial charge on any atom is -0.352 e. The van der Waals surface area contributed by atoms with E-state index in [1.165, 1.54) is 11.0 Å². The van der Waals surface area contributed by atoms with Crippen molar-refractivity contribution in [2.75, 3.05) is 17.1 Å². The Morgan fingerprint density at radius 3 is 2.36 bits per heavy atom. The van der Waals surface area contributed by atoms with Gasteiger partial charge in [0, 0.05) is 36.1 Å². The van der Waals surface area contributed by atoms with E-state index in [1.807, 2.05) is 38.1 Å². The van der Waals surface area contributed by atoms with Gasteiger partial charge in [-0.05, 0) is 56.5 Å². The van der Waals surface area contributed by atoms with E-state index < -0.39 is 27.7 Å². The minimum absolute atomic E-state index is 0.0314. The number of benzene rings is 2. The van der Waals surface area contributed by atoms with Gasteiger partial charge in [0.15, 0.2) is 11.6 Å². The maximum absolute atomic E-state index is 13.7. The van der Waals surface area contributed by atoms with Gasteiger partial charge in [-0.15, -0.1) is 0 Å². The summed E-state index contributed by atoms with van der Waals surface area (Å²) < 4.78 is 53.4. The molecule has 7 nitrogen and oxygen atoms in total. The molecule has 0 aromatic heterocycles. The van der Waals surface area contributed by atoms with Crippen molar-refractivity contribution in [1.29, 1.82) is 0 Å². The molecule has 0 saturated carbocycles. The van der Waals surface area contributed by atoms with Crippen LogP contribution in [0.1, 0.15) is 45.6 Å². The second-order valence-corrected chi connectivity index (χ2v) is 11.5. The summed E-state index contributed by atoms with van der Waals surface area (Å²) in [5, 5.41) is 2.89.